The average molecular weight is 704 g/mol. The molecule has 0 bridgehead atoms. The summed E-state index contributed by atoms with van der Waals surface area (Å²) in [5, 5.41) is 11.1. The monoisotopic (exact) mass is 704 g/mol. The number of carbonyl (C=O) groups excluding carboxylic acids is 1. The summed E-state index contributed by atoms with van der Waals surface area (Å²) < 4.78 is 187. The van der Waals surface area contributed by atoms with E-state index in [1.807, 2.05) is 5.32 Å². The van der Waals surface area contributed by atoms with Crippen LogP contribution in [0.5, 0.6) is 5.75 Å². The number of rotatable bonds is 16. The van der Waals surface area contributed by atoms with Gasteiger partial charge in [0.1, 0.15) is 12.4 Å². The van der Waals surface area contributed by atoms with E-state index in [4.69, 9.17) is 14.6 Å². The maximum absolute atomic E-state index is 14.7. The van der Waals surface area contributed by atoms with Crippen molar-refractivity contribution in [3.8, 4) is 5.75 Å². The van der Waals surface area contributed by atoms with E-state index in [1.54, 1.807) is 6.92 Å². The Morgan fingerprint density at radius 3 is 1.81 bits per heavy atom. The number of carboxylic acids is 1. The number of aliphatic carboxylic acids is 1. The van der Waals surface area contributed by atoms with Crippen molar-refractivity contribution in [2.75, 3.05) is 31.6 Å². The number of carboxylic acid groups (broad SMARTS) is 1. The Kier molecular flexibility index (Phi) is 12.0. The van der Waals surface area contributed by atoms with Gasteiger partial charge in [-0.3, -0.25) is 0 Å². The van der Waals surface area contributed by atoms with Crippen molar-refractivity contribution >= 4 is 17.7 Å². The number of carbonyl (C=O) groups is 2. The van der Waals surface area contributed by atoms with Crippen molar-refractivity contribution in [1.82, 2.24) is 4.90 Å². The molecule has 7 nitrogen and oxygen atoms in total. The highest BCUT2D eigenvalue weighted by molar-refractivity contribution is 5.89. The molecule has 1 atom stereocenters. The summed E-state index contributed by atoms with van der Waals surface area (Å²) in [6.45, 7) is -3.31. The minimum Gasteiger partial charge on any atom is -0.492 e. The predicted molar refractivity (Wildman–Crippen MR) is 137 cm³/mol. The molecule has 0 aliphatic carbocycles. The van der Waals surface area contributed by atoms with Gasteiger partial charge >= 0.3 is 47.8 Å². The lowest BCUT2D eigenvalue weighted by atomic mass is 9.93. The largest absolute Gasteiger partial charge is 0.492 e. The standard InChI is InChI=1S/C27H25F13N2O5/c1-2-46-19(20(43)44)14-16-8-10-18(11-9-16)47-13-12-42(21(45)41-17-6-4-3-5-7-17)15-22(28,29)23(30,31)24(32,33)25(34,35)26(36,37)27(38,39)40/h3-11,19H,2,12-15H2,1H3,(H,41,45)(H,43,44). The molecule has 47 heavy (non-hydrogen) atoms. The first kappa shape index (κ1) is 39.2. The lowest BCUT2D eigenvalue weighted by molar-refractivity contribution is -0.439. The lowest BCUT2D eigenvalue weighted by Crippen LogP contribution is -2.71. The molecular formula is C27H25F13N2O5. The molecule has 2 aromatic rings. The molecule has 2 aromatic carbocycles. The number of nitrogens with one attached hydrogen (secondary N) is 1. The van der Waals surface area contributed by atoms with Gasteiger partial charge in [0.25, 0.3) is 0 Å². The van der Waals surface area contributed by atoms with Gasteiger partial charge in [0.05, 0.1) is 13.1 Å². The molecule has 2 amide bonds. The first-order chi connectivity index (χ1) is 21.4. The zero-order chi connectivity index (χ0) is 36.1. The SMILES string of the molecule is CCOC(Cc1ccc(OCCN(CC(F)(F)C(F)(F)C(F)(F)C(F)(F)C(F)(F)C(F)(F)F)C(=O)Nc2ccccc2)cc1)C(=O)O. The third kappa shape index (κ3) is 8.50. The zero-order valence-corrected chi connectivity index (χ0v) is 23.7. The van der Waals surface area contributed by atoms with Gasteiger partial charge < -0.3 is 24.8 Å². The minimum absolute atomic E-state index is 0.0809. The van der Waals surface area contributed by atoms with Crippen LogP contribution in [-0.4, -0.2) is 90.2 Å². The third-order valence-electron chi connectivity index (χ3n) is 6.32. The summed E-state index contributed by atoms with van der Waals surface area (Å²) in [5.74, 6) is -39.4. The molecule has 264 valence electrons. The van der Waals surface area contributed by atoms with Crippen molar-refractivity contribution in [3.05, 3.63) is 60.2 Å². The van der Waals surface area contributed by atoms with Crippen LogP contribution in [0, 0.1) is 0 Å². The molecule has 0 saturated carbocycles. The molecular weight excluding hydrogens is 679 g/mol. The first-order valence-corrected chi connectivity index (χ1v) is 13.1. The quantitative estimate of drug-likeness (QED) is 0.178. The highest BCUT2D eigenvalue weighted by Crippen LogP contribution is 2.60. The van der Waals surface area contributed by atoms with Crippen molar-refractivity contribution in [1.29, 1.82) is 0 Å². The highest BCUT2D eigenvalue weighted by Gasteiger charge is 2.90. The number of alkyl halides is 13. The minimum atomic E-state index is -8.08. The predicted octanol–water partition coefficient (Wildman–Crippen LogP) is 7.37. The van der Waals surface area contributed by atoms with Gasteiger partial charge in [0.2, 0.25) is 0 Å². The number of hydrogen-bond donors (Lipinski definition) is 2. The van der Waals surface area contributed by atoms with E-state index < -0.39 is 73.6 Å². The topological polar surface area (TPSA) is 88.1 Å². The van der Waals surface area contributed by atoms with Crippen LogP contribution in [0.25, 0.3) is 0 Å². The van der Waals surface area contributed by atoms with E-state index in [0.717, 1.165) is 12.1 Å². The molecule has 0 saturated heterocycles. The Hall–Kier alpha value is -3.97. The Balaban J connectivity index is 2.31. The molecule has 2 N–H and O–H groups in total. The van der Waals surface area contributed by atoms with Gasteiger partial charge in [0.15, 0.2) is 6.10 Å². The van der Waals surface area contributed by atoms with Crippen LogP contribution in [0.1, 0.15) is 12.5 Å². The zero-order valence-electron chi connectivity index (χ0n) is 23.7. The summed E-state index contributed by atoms with van der Waals surface area (Å²) in [6, 6.07) is 9.70. The molecule has 2 rings (SSSR count). The van der Waals surface area contributed by atoms with Crippen LogP contribution >= 0.6 is 0 Å². The fourth-order valence-corrected chi connectivity index (χ4v) is 3.75. The number of halogens is 13. The first-order valence-electron chi connectivity index (χ1n) is 13.1. The summed E-state index contributed by atoms with van der Waals surface area (Å²) in [6.07, 6.45) is -8.86. The number of urea groups is 1. The number of hydrogen-bond acceptors (Lipinski definition) is 4. The van der Waals surface area contributed by atoms with Gasteiger partial charge in [-0.15, -0.1) is 0 Å². The van der Waals surface area contributed by atoms with Crippen LogP contribution in [0.4, 0.5) is 67.6 Å². The summed E-state index contributed by atoms with van der Waals surface area (Å²) in [7, 11) is 0. The molecule has 0 aliphatic heterocycles. The van der Waals surface area contributed by atoms with E-state index in [2.05, 4.69) is 0 Å². The smallest absolute Gasteiger partial charge is 0.460 e. The van der Waals surface area contributed by atoms with Crippen LogP contribution in [-0.2, 0) is 16.0 Å². The Morgan fingerprint density at radius 2 is 1.32 bits per heavy atom. The lowest BCUT2D eigenvalue weighted by Gasteiger charge is -2.40. The van der Waals surface area contributed by atoms with Crippen LogP contribution < -0.4 is 10.1 Å². The van der Waals surface area contributed by atoms with Gasteiger partial charge in [-0.2, -0.15) is 57.1 Å². The highest BCUT2D eigenvalue weighted by atomic mass is 19.4. The fraction of sp³-hybridized carbons (Fsp3) is 0.481. The Labute approximate surface area is 257 Å². The van der Waals surface area contributed by atoms with E-state index in [-0.39, 0.29) is 29.4 Å². The molecule has 0 radical (unpaired) electrons. The second-order valence-corrected chi connectivity index (χ2v) is 9.70. The fourth-order valence-electron chi connectivity index (χ4n) is 3.75. The number of benzene rings is 2. The van der Waals surface area contributed by atoms with Crippen molar-refractivity contribution < 1.29 is 81.2 Å². The summed E-state index contributed by atoms with van der Waals surface area (Å²) in [5.41, 5.74) is 0.236. The summed E-state index contributed by atoms with van der Waals surface area (Å²) in [4.78, 5) is 23.6. The molecule has 0 aliphatic rings. The van der Waals surface area contributed by atoms with E-state index >= 15 is 0 Å². The van der Waals surface area contributed by atoms with Gasteiger partial charge in [-0.1, -0.05) is 30.3 Å². The van der Waals surface area contributed by atoms with Crippen molar-refractivity contribution in [2.45, 2.75) is 55.2 Å². The maximum atomic E-state index is 14.7. The van der Waals surface area contributed by atoms with Gasteiger partial charge in [-0.25, -0.2) is 9.59 Å². The molecule has 0 spiro atoms. The molecule has 0 fully saturated rings. The average Bonchev–Trinajstić information content (AvgIpc) is 2.96. The number of nitrogens with zero attached hydrogens (tertiary/aromatic N) is 1. The number of para-hydroxylation sites is 1. The maximum Gasteiger partial charge on any atom is 0.460 e. The van der Waals surface area contributed by atoms with Crippen LogP contribution in [0.2, 0.25) is 0 Å². The summed E-state index contributed by atoms with van der Waals surface area (Å²) >= 11 is 0. The Bertz CT molecular complexity index is 1340. The number of amides is 2. The molecule has 0 heterocycles. The second kappa shape index (κ2) is 14.4. The number of anilines is 1. The normalized spacial score (nSPS) is 14.0. The molecule has 20 heteroatoms. The van der Waals surface area contributed by atoms with Gasteiger partial charge in [-0.05, 0) is 36.8 Å². The van der Waals surface area contributed by atoms with Gasteiger partial charge in [0, 0.05) is 18.7 Å². The van der Waals surface area contributed by atoms with Crippen LogP contribution in [0.3, 0.4) is 0 Å². The van der Waals surface area contributed by atoms with E-state index in [0.29, 0.717) is 5.56 Å². The van der Waals surface area contributed by atoms with E-state index in [1.165, 1.54) is 42.5 Å². The third-order valence-corrected chi connectivity index (χ3v) is 6.32. The molecule has 0 aromatic heterocycles. The van der Waals surface area contributed by atoms with Crippen molar-refractivity contribution in [2.24, 2.45) is 0 Å². The van der Waals surface area contributed by atoms with Crippen molar-refractivity contribution in [3.63, 3.8) is 0 Å². The van der Waals surface area contributed by atoms with E-state index in [9.17, 15) is 66.7 Å². The van der Waals surface area contributed by atoms with Crippen LogP contribution in [0.15, 0.2) is 54.6 Å². The molecule has 1 unspecified atom stereocenters. The Morgan fingerprint density at radius 1 is 0.787 bits per heavy atom. The second-order valence-electron chi connectivity index (χ2n) is 9.70. The number of ether oxygens (including phenoxy) is 2.